The molecule has 3 aromatic rings. The summed E-state index contributed by atoms with van der Waals surface area (Å²) >= 11 is 0. The summed E-state index contributed by atoms with van der Waals surface area (Å²) in [6, 6.07) is 13.3. The number of sulfonamides is 1. The minimum absolute atomic E-state index is 0.00683. The lowest BCUT2D eigenvalue weighted by Crippen LogP contribution is -2.59. The van der Waals surface area contributed by atoms with Crippen LogP contribution in [0, 0.1) is 17.8 Å². The van der Waals surface area contributed by atoms with E-state index in [-0.39, 0.29) is 31.2 Å². The van der Waals surface area contributed by atoms with E-state index in [4.69, 9.17) is 14.5 Å². The Hall–Kier alpha value is -4.72. The van der Waals surface area contributed by atoms with E-state index in [1.165, 1.54) is 4.90 Å². The first kappa shape index (κ1) is 38.6. The summed E-state index contributed by atoms with van der Waals surface area (Å²) in [6.45, 7) is 9.21. The number of allylic oxidation sites excluding steroid dienone is 1. The number of ether oxygens (including phenoxy) is 2. The number of nitrogens with one attached hydrogen (secondary N) is 3. The number of nitrogens with zero attached hydrogens (tertiary/aromatic N) is 2. The van der Waals surface area contributed by atoms with Gasteiger partial charge in [-0.2, -0.15) is 0 Å². The van der Waals surface area contributed by atoms with Gasteiger partial charge in [-0.15, -0.1) is 0 Å². The minimum atomic E-state index is -3.90. The zero-order chi connectivity index (χ0) is 39.3. The van der Waals surface area contributed by atoms with E-state index < -0.39 is 74.3 Å². The molecule has 2 aliphatic carbocycles. The van der Waals surface area contributed by atoms with Crippen LogP contribution in [0.25, 0.3) is 21.7 Å². The van der Waals surface area contributed by atoms with Crippen LogP contribution >= 0.6 is 0 Å². The largest absolute Gasteiger partial charge is 0.472 e. The molecule has 7 rings (SSSR count). The number of fused-ring (bicyclic) bond motifs is 5. The number of amides is 4. The van der Waals surface area contributed by atoms with Gasteiger partial charge in [0.25, 0.3) is 5.91 Å². The van der Waals surface area contributed by atoms with Crippen molar-refractivity contribution >= 4 is 55.5 Å². The number of rotatable bonds is 6. The number of hydrogen-bond acceptors (Lipinski definition) is 9. The van der Waals surface area contributed by atoms with Crippen molar-refractivity contribution in [2.45, 2.75) is 114 Å². The van der Waals surface area contributed by atoms with Crippen molar-refractivity contribution in [3.05, 3.63) is 60.7 Å². The predicted molar refractivity (Wildman–Crippen MR) is 207 cm³/mol. The molecule has 2 aliphatic heterocycles. The van der Waals surface area contributed by atoms with Crippen LogP contribution in [0.1, 0.15) is 79.6 Å². The molecule has 7 unspecified atom stereocenters. The van der Waals surface area contributed by atoms with Crippen molar-refractivity contribution in [3.63, 3.8) is 0 Å². The van der Waals surface area contributed by atoms with Gasteiger partial charge in [-0.1, -0.05) is 62.4 Å². The first-order chi connectivity index (χ1) is 26.0. The van der Waals surface area contributed by atoms with E-state index >= 15 is 0 Å². The third-order valence-electron chi connectivity index (χ3n) is 11.1. The van der Waals surface area contributed by atoms with Gasteiger partial charge in [0.2, 0.25) is 27.7 Å². The number of benzene rings is 2. The highest BCUT2D eigenvalue weighted by atomic mass is 32.2. The number of para-hydroxylation sites is 1. The molecule has 3 N–H and O–H groups in total. The maximum absolute atomic E-state index is 14.8. The molecule has 3 heterocycles. The summed E-state index contributed by atoms with van der Waals surface area (Å²) in [5.41, 5.74) is -1.60. The highest BCUT2D eigenvalue weighted by molar-refractivity contribution is 7.91. The van der Waals surface area contributed by atoms with Gasteiger partial charge >= 0.3 is 6.09 Å². The Labute approximate surface area is 322 Å². The van der Waals surface area contributed by atoms with Crippen LogP contribution in [0.15, 0.2) is 60.7 Å². The summed E-state index contributed by atoms with van der Waals surface area (Å²) < 4.78 is 40.2. The van der Waals surface area contributed by atoms with E-state index in [1.54, 1.807) is 20.8 Å². The molecular formula is C41H51N5O8S. The van der Waals surface area contributed by atoms with Gasteiger partial charge < -0.3 is 25.0 Å². The van der Waals surface area contributed by atoms with Gasteiger partial charge in [0.1, 0.15) is 29.3 Å². The van der Waals surface area contributed by atoms with Gasteiger partial charge in [0.15, 0.2) is 0 Å². The number of carbonyl (C=O) groups is 4. The second-order valence-electron chi connectivity index (χ2n) is 16.9. The molecule has 4 amide bonds. The first-order valence-corrected chi connectivity index (χ1v) is 20.9. The summed E-state index contributed by atoms with van der Waals surface area (Å²) in [4.78, 5) is 62.7. The van der Waals surface area contributed by atoms with Crippen molar-refractivity contribution in [1.29, 1.82) is 0 Å². The normalized spacial score (nSPS) is 29.0. The average Bonchev–Trinajstić information content (AvgIpc) is 4.05. The van der Waals surface area contributed by atoms with E-state index in [1.807, 2.05) is 67.6 Å². The van der Waals surface area contributed by atoms with Crippen LogP contribution in [0.5, 0.6) is 5.88 Å². The molecule has 55 heavy (non-hydrogen) atoms. The fraction of sp³-hybridized carbons (Fsp3) is 0.537. The Morgan fingerprint density at radius 1 is 0.964 bits per heavy atom. The fourth-order valence-corrected chi connectivity index (χ4v) is 9.42. The molecule has 0 radical (unpaired) electrons. The molecule has 1 aromatic heterocycles. The van der Waals surface area contributed by atoms with Crippen molar-refractivity contribution in [1.82, 2.24) is 25.2 Å². The lowest BCUT2D eigenvalue weighted by molar-refractivity contribution is -0.142. The second-order valence-corrected chi connectivity index (χ2v) is 18.8. The summed E-state index contributed by atoms with van der Waals surface area (Å²) in [5.74, 6) is -2.13. The molecule has 0 spiro atoms. The number of aromatic nitrogens is 1. The highest BCUT2D eigenvalue weighted by Gasteiger charge is 2.62. The molecule has 294 valence electrons. The monoisotopic (exact) mass is 773 g/mol. The maximum Gasteiger partial charge on any atom is 0.408 e. The summed E-state index contributed by atoms with van der Waals surface area (Å²) in [7, 11) is -3.90. The van der Waals surface area contributed by atoms with Crippen LogP contribution in [0.4, 0.5) is 4.79 Å². The SMILES string of the molecule is CC1CCC=CC2CC2(C(=O)NS(=O)(=O)C2CC2)NC(=O)C2CC(Oc3nc4ccccc4c4ccccc34)CN2C(=O)C(NC(=O)OC(C)(C)C)C(C)C1. The molecule has 13 nitrogen and oxygen atoms in total. The quantitative estimate of drug-likeness (QED) is 0.227. The summed E-state index contributed by atoms with van der Waals surface area (Å²) in [5, 5.41) is 7.78. The lowest BCUT2D eigenvalue weighted by atomic mass is 9.88. The van der Waals surface area contributed by atoms with E-state index in [0.717, 1.165) is 28.1 Å². The van der Waals surface area contributed by atoms with Gasteiger partial charge in [0, 0.05) is 23.1 Å². The maximum atomic E-state index is 14.8. The van der Waals surface area contributed by atoms with Gasteiger partial charge in [-0.3, -0.25) is 19.1 Å². The van der Waals surface area contributed by atoms with Crippen LogP contribution in [-0.2, 0) is 29.1 Å². The zero-order valence-corrected chi connectivity index (χ0v) is 32.9. The highest BCUT2D eigenvalue weighted by Crippen LogP contribution is 2.46. The minimum Gasteiger partial charge on any atom is -0.472 e. The van der Waals surface area contributed by atoms with Crippen LogP contribution < -0.4 is 20.1 Å². The van der Waals surface area contributed by atoms with Crippen molar-refractivity contribution in [3.8, 4) is 5.88 Å². The van der Waals surface area contributed by atoms with Crippen LogP contribution in [0.3, 0.4) is 0 Å². The topological polar surface area (TPSA) is 173 Å². The van der Waals surface area contributed by atoms with Gasteiger partial charge in [-0.25, -0.2) is 18.2 Å². The first-order valence-electron chi connectivity index (χ1n) is 19.3. The third kappa shape index (κ3) is 8.29. The van der Waals surface area contributed by atoms with Gasteiger partial charge in [-0.05, 0) is 88.7 Å². The molecule has 3 fully saturated rings. The average molecular weight is 774 g/mol. The number of alkyl carbamates (subject to hydrolysis) is 1. The Balaban J connectivity index is 1.24. The summed E-state index contributed by atoms with van der Waals surface area (Å²) in [6.07, 6.45) is 5.69. The van der Waals surface area contributed by atoms with Gasteiger partial charge in [0.05, 0.1) is 17.3 Å². The Kier molecular flexibility index (Phi) is 10.3. The molecule has 2 aromatic carbocycles. The number of pyridine rings is 1. The van der Waals surface area contributed by atoms with Crippen molar-refractivity contribution < 1.29 is 37.1 Å². The Morgan fingerprint density at radius 3 is 2.36 bits per heavy atom. The molecule has 1 saturated heterocycles. The van der Waals surface area contributed by atoms with Crippen LogP contribution in [-0.4, -0.2) is 83.2 Å². The smallest absolute Gasteiger partial charge is 0.408 e. The molecular weight excluding hydrogens is 723 g/mol. The van der Waals surface area contributed by atoms with E-state index in [9.17, 15) is 27.6 Å². The number of carbonyl (C=O) groups excluding carboxylic acids is 4. The lowest BCUT2D eigenvalue weighted by Gasteiger charge is -2.33. The van der Waals surface area contributed by atoms with Crippen molar-refractivity contribution in [2.24, 2.45) is 17.8 Å². The van der Waals surface area contributed by atoms with Crippen LogP contribution in [0.2, 0.25) is 0 Å². The predicted octanol–water partition coefficient (Wildman–Crippen LogP) is 5.13. The van der Waals surface area contributed by atoms with Crippen molar-refractivity contribution in [2.75, 3.05) is 6.54 Å². The fourth-order valence-electron chi connectivity index (χ4n) is 8.05. The molecule has 14 heteroatoms. The zero-order valence-electron chi connectivity index (χ0n) is 32.0. The third-order valence-corrected chi connectivity index (χ3v) is 13.0. The van der Waals surface area contributed by atoms with E-state index in [0.29, 0.717) is 31.6 Å². The molecule has 7 atom stereocenters. The Morgan fingerprint density at radius 2 is 1.65 bits per heavy atom. The molecule has 4 aliphatic rings. The van der Waals surface area contributed by atoms with E-state index in [2.05, 4.69) is 22.3 Å². The molecule has 0 bridgehead atoms. The number of hydrogen-bond donors (Lipinski definition) is 3. The Bertz CT molecular complexity index is 2150. The standard InChI is InChI=1S/C41H51N5O8S/c1-24-12-6-7-13-26-22-41(26,38(49)45-55(51,52)28-18-19-28)44-35(47)33-21-27(23-46(33)37(48)34(25(2)20-24)43-39(50)54-40(3,4)5)53-36-31-16-9-8-14-29(31)30-15-10-11-17-32(30)42-36/h7-11,13-17,24-28,33-34H,6,12,18-23H2,1-5H3,(H,43,50)(H,44,47)(H,45,49). The molecule has 2 saturated carbocycles. The second kappa shape index (κ2) is 14.7.